The van der Waals surface area contributed by atoms with Crippen molar-refractivity contribution in [3.8, 4) is 0 Å². The van der Waals surface area contributed by atoms with Gasteiger partial charge in [-0.15, -0.1) is 11.3 Å². The van der Waals surface area contributed by atoms with E-state index in [-0.39, 0.29) is 0 Å². The summed E-state index contributed by atoms with van der Waals surface area (Å²) in [6.07, 6.45) is 3.84. The van der Waals surface area contributed by atoms with Crippen LogP contribution in [0.5, 0.6) is 0 Å². The average Bonchev–Trinajstić information content (AvgIpc) is 3.29. The van der Waals surface area contributed by atoms with E-state index in [4.69, 9.17) is 4.99 Å². The van der Waals surface area contributed by atoms with Crippen LogP contribution in [0.3, 0.4) is 0 Å². The van der Waals surface area contributed by atoms with E-state index in [0.29, 0.717) is 17.9 Å². The number of rotatable bonds is 6. The Bertz CT molecular complexity index is 559. The van der Waals surface area contributed by atoms with E-state index in [1.807, 2.05) is 11.3 Å². The molecule has 0 radical (unpaired) electrons. The van der Waals surface area contributed by atoms with Crippen LogP contribution in [-0.2, 0) is 0 Å². The summed E-state index contributed by atoms with van der Waals surface area (Å²) in [7, 11) is 4.48. The Morgan fingerprint density at radius 2 is 2.15 bits per heavy atom. The Morgan fingerprint density at radius 3 is 2.85 bits per heavy atom. The van der Waals surface area contributed by atoms with E-state index in [1.165, 1.54) is 43.8 Å². The third-order valence-corrected chi connectivity index (χ3v) is 6.66. The molecule has 2 aliphatic heterocycles. The molecule has 3 rings (SSSR count). The molecule has 3 atom stereocenters. The second kappa shape index (κ2) is 9.72. The Balaban J connectivity index is 1.58. The van der Waals surface area contributed by atoms with Gasteiger partial charge in [-0.25, -0.2) is 0 Å². The first-order valence-electron chi connectivity index (χ1n) is 10.1. The van der Waals surface area contributed by atoms with Gasteiger partial charge in [0.2, 0.25) is 0 Å². The maximum Gasteiger partial charge on any atom is 0.191 e. The second-order valence-corrected chi connectivity index (χ2v) is 8.84. The van der Waals surface area contributed by atoms with Crippen LogP contribution in [0.4, 0.5) is 0 Å². The first kappa shape index (κ1) is 19.6. The lowest BCUT2D eigenvalue weighted by atomic mass is 9.88. The van der Waals surface area contributed by atoms with Crippen LogP contribution in [0.2, 0.25) is 0 Å². The lowest BCUT2D eigenvalue weighted by molar-refractivity contribution is 0.125. The SMILES string of the molecule is CCNC(=NCC1CCN(C)C1)NCC1CCCN(C)C1c1cccs1. The molecule has 26 heavy (non-hydrogen) atoms. The zero-order valence-electron chi connectivity index (χ0n) is 16.6. The normalized spacial score (nSPS) is 28.4. The van der Waals surface area contributed by atoms with Crippen LogP contribution in [0, 0.1) is 11.8 Å². The van der Waals surface area contributed by atoms with Crippen molar-refractivity contribution in [1.82, 2.24) is 20.4 Å². The van der Waals surface area contributed by atoms with Crippen molar-refractivity contribution in [3.63, 3.8) is 0 Å². The van der Waals surface area contributed by atoms with Gasteiger partial charge in [-0.1, -0.05) is 6.07 Å². The molecular weight excluding hydrogens is 342 g/mol. The summed E-state index contributed by atoms with van der Waals surface area (Å²) in [5, 5.41) is 9.27. The van der Waals surface area contributed by atoms with E-state index >= 15 is 0 Å². The van der Waals surface area contributed by atoms with Crippen molar-refractivity contribution in [2.45, 2.75) is 32.2 Å². The Morgan fingerprint density at radius 1 is 1.27 bits per heavy atom. The van der Waals surface area contributed by atoms with Crippen LogP contribution in [0.1, 0.15) is 37.1 Å². The molecule has 0 amide bonds. The van der Waals surface area contributed by atoms with E-state index in [1.54, 1.807) is 0 Å². The van der Waals surface area contributed by atoms with Gasteiger partial charge < -0.3 is 15.5 Å². The Labute approximate surface area is 162 Å². The third-order valence-electron chi connectivity index (χ3n) is 5.71. The molecule has 146 valence electrons. The first-order chi connectivity index (χ1) is 12.7. The van der Waals surface area contributed by atoms with Crippen LogP contribution >= 0.6 is 11.3 Å². The number of hydrogen-bond donors (Lipinski definition) is 2. The first-order valence-corrected chi connectivity index (χ1v) is 11.0. The fraction of sp³-hybridized carbons (Fsp3) is 0.750. The maximum absolute atomic E-state index is 4.88. The third kappa shape index (κ3) is 5.21. The van der Waals surface area contributed by atoms with Crippen LogP contribution < -0.4 is 10.6 Å². The van der Waals surface area contributed by atoms with Gasteiger partial charge in [0.05, 0.1) is 0 Å². The molecule has 2 fully saturated rings. The Kier molecular flexibility index (Phi) is 7.34. The summed E-state index contributed by atoms with van der Waals surface area (Å²) in [4.78, 5) is 11.3. The fourth-order valence-corrected chi connectivity index (χ4v) is 5.33. The summed E-state index contributed by atoms with van der Waals surface area (Å²) in [6.45, 7) is 8.56. The predicted molar refractivity (Wildman–Crippen MR) is 112 cm³/mol. The molecule has 2 N–H and O–H groups in total. The van der Waals surface area contributed by atoms with Gasteiger partial charge >= 0.3 is 0 Å². The van der Waals surface area contributed by atoms with Crippen molar-refractivity contribution in [1.29, 1.82) is 0 Å². The number of likely N-dealkylation sites (tertiary alicyclic amines) is 2. The van der Waals surface area contributed by atoms with Gasteiger partial charge in [0.15, 0.2) is 5.96 Å². The van der Waals surface area contributed by atoms with Gasteiger partial charge in [0.25, 0.3) is 0 Å². The second-order valence-electron chi connectivity index (χ2n) is 7.86. The highest BCUT2D eigenvalue weighted by Crippen LogP contribution is 2.36. The molecular formula is C20H35N5S. The quantitative estimate of drug-likeness (QED) is 0.591. The maximum atomic E-state index is 4.88. The van der Waals surface area contributed by atoms with E-state index in [0.717, 1.165) is 25.6 Å². The van der Waals surface area contributed by atoms with E-state index in [2.05, 4.69) is 59.0 Å². The minimum Gasteiger partial charge on any atom is -0.357 e. The summed E-state index contributed by atoms with van der Waals surface area (Å²) in [5.41, 5.74) is 0. The number of thiophene rings is 1. The number of guanidine groups is 1. The van der Waals surface area contributed by atoms with Crippen molar-refractivity contribution < 1.29 is 0 Å². The van der Waals surface area contributed by atoms with Crippen molar-refractivity contribution in [2.75, 3.05) is 53.4 Å². The highest BCUT2D eigenvalue weighted by molar-refractivity contribution is 7.10. The zero-order chi connectivity index (χ0) is 18.4. The predicted octanol–water partition coefficient (Wildman–Crippen LogP) is 2.64. The molecule has 0 aromatic carbocycles. The molecule has 5 nitrogen and oxygen atoms in total. The molecule has 2 saturated heterocycles. The number of piperidine rings is 1. The summed E-state index contributed by atoms with van der Waals surface area (Å²) in [5.74, 6) is 2.32. The van der Waals surface area contributed by atoms with Crippen LogP contribution in [0.25, 0.3) is 0 Å². The van der Waals surface area contributed by atoms with Crippen molar-refractivity contribution in [2.24, 2.45) is 16.8 Å². The minimum absolute atomic E-state index is 0.530. The van der Waals surface area contributed by atoms with Gasteiger partial charge in [-0.05, 0) is 76.7 Å². The monoisotopic (exact) mass is 377 g/mol. The molecule has 0 bridgehead atoms. The van der Waals surface area contributed by atoms with Crippen molar-refractivity contribution in [3.05, 3.63) is 22.4 Å². The fourth-order valence-electron chi connectivity index (χ4n) is 4.35. The molecule has 1 aromatic heterocycles. The summed E-state index contributed by atoms with van der Waals surface area (Å²) >= 11 is 1.89. The standard InChI is InChI=1S/C20H35N5S/c1-4-21-20(22-13-16-9-11-24(2)15-16)23-14-17-7-5-10-25(3)19(17)18-8-6-12-26-18/h6,8,12,16-17,19H,4-5,7,9-11,13-15H2,1-3H3,(H2,21,22,23). The van der Waals surface area contributed by atoms with E-state index in [9.17, 15) is 0 Å². The number of hydrogen-bond acceptors (Lipinski definition) is 4. The molecule has 2 aliphatic rings. The highest BCUT2D eigenvalue weighted by Gasteiger charge is 2.31. The van der Waals surface area contributed by atoms with Crippen LogP contribution in [-0.4, -0.2) is 69.1 Å². The molecule has 0 aliphatic carbocycles. The molecule has 0 spiro atoms. The Hall–Kier alpha value is -1.11. The lowest BCUT2D eigenvalue weighted by Crippen LogP contribution is -2.45. The van der Waals surface area contributed by atoms with Crippen LogP contribution in [0.15, 0.2) is 22.5 Å². The van der Waals surface area contributed by atoms with Gasteiger partial charge in [0, 0.05) is 37.1 Å². The van der Waals surface area contributed by atoms with Gasteiger partial charge in [-0.3, -0.25) is 9.89 Å². The number of aliphatic imine (C=N–C) groups is 1. The molecule has 3 heterocycles. The molecule has 1 aromatic rings. The average molecular weight is 378 g/mol. The summed E-state index contributed by atoms with van der Waals surface area (Å²) in [6, 6.07) is 5.00. The van der Waals surface area contributed by atoms with E-state index < -0.39 is 0 Å². The van der Waals surface area contributed by atoms with Gasteiger partial charge in [-0.2, -0.15) is 0 Å². The molecule has 6 heteroatoms. The topological polar surface area (TPSA) is 42.9 Å². The number of nitrogens with one attached hydrogen (secondary N) is 2. The largest absolute Gasteiger partial charge is 0.357 e. The lowest BCUT2D eigenvalue weighted by Gasteiger charge is -2.39. The minimum atomic E-state index is 0.530. The smallest absolute Gasteiger partial charge is 0.191 e. The van der Waals surface area contributed by atoms with Gasteiger partial charge in [0.1, 0.15) is 0 Å². The number of nitrogens with zero attached hydrogens (tertiary/aromatic N) is 3. The van der Waals surface area contributed by atoms with Crippen molar-refractivity contribution >= 4 is 17.3 Å². The highest BCUT2D eigenvalue weighted by atomic mass is 32.1. The zero-order valence-corrected chi connectivity index (χ0v) is 17.4. The molecule has 0 saturated carbocycles. The molecule has 3 unspecified atom stereocenters. The summed E-state index contributed by atoms with van der Waals surface area (Å²) < 4.78 is 0.